The predicted octanol–water partition coefficient (Wildman–Crippen LogP) is 3.64. The van der Waals surface area contributed by atoms with E-state index in [9.17, 15) is 5.11 Å². The standard InChI is InChI=1S/C18H23NO/c1-13-9-15(18(3,4)5)10-14(2)17(13)12-19-8-6-7-16(20)11-19/h6-11H,12H2,1-5H3/p+1. The molecule has 0 radical (unpaired) electrons. The van der Waals surface area contributed by atoms with Crippen molar-refractivity contribution in [1.29, 1.82) is 0 Å². The zero-order valence-corrected chi connectivity index (χ0v) is 13.1. The molecule has 106 valence electrons. The van der Waals surface area contributed by atoms with Crippen molar-refractivity contribution < 1.29 is 9.67 Å². The van der Waals surface area contributed by atoms with Gasteiger partial charge < -0.3 is 5.11 Å². The first-order chi connectivity index (χ1) is 9.27. The van der Waals surface area contributed by atoms with Crippen LogP contribution in [0.3, 0.4) is 0 Å². The molecule has 1 aromatic carbocycles. The summed E-state index contributed by atoms with van der Waals surface area (Å²) < 4.78 is 2.02. The van der Waals surface area contributed by atoms with Crippen LogP contribution in [0.1, 0.15) is 43.0 Å². The summed E-state index contributed by atoms with van der Waals surface area (Å²) in [6.45, 7) is 11.8. The Hall–Kier alpha value is -1.83. The van der Waals surface area contributed by atoms with E-state index in [4.69, 9.17) is 0 Å². The van der Waals surface area contributed by atoms with Crippen molar-refractivity contribution >= 4 is 0 Å². The van der Waals surface area contributed by atoms with Crippen molar-refractivity contribution in [1.82, 2.24) is 0 Å². The van der Waals surface area contributed by atoms with Crippen molar-refractivity contribution in [2.75, 3.05) is 0 Å². The van der Waals surface area contributed by atoms with Crippen LogP contribution in [0.4, 0.5) is 0 Å². The van der Waals surface area contributed by atoms with Crippen LogP contribution >= 0.6 is 0 Å². The Bertz CT molecular complexity index is 601. The van der Waals surface area contributed by atoms with E-state index >= 15 is 0 Å². The summed E-state index contributed by atoms with van der Waals surface area (Å²) >= 11 is 0. The summed E-state index contributed by atoms with van der Waals surface area (Å²) in [4.78, 5) is 0. The number of pyridine rings is 1. The maximum absolute atomic E-state index is 9.56. The van der Waals surface area contributed by atoms with Crippen LogP contribution in [0.5, 0.6) is 5.75 Å². The number of hydrogen-bond donors (Lipinski definition) is 1. The first kappa shape index (κ1) is 14.6. The average Bonchev–Trinajstić information content (AvgIpc) is 2.32. The van der Waals surface area contributed by atoms with Gasteiger partial charge in [-0.2, -0.15) is 4.57 Å². The van der Waals surface area contributed by atoms with Crippen molar-refractivity contribution in [3.63, 3.8) is 0 Å². The van der Waals surface area contributed by atoms with Crippen LogP contribution in [-0.2, 0) is 12.0 Å². The van der Waals surface area contributed by atoms with Gasteiger partial charge in [0.05, 0.1) is 0 Å². The minimum Gasteiger partial charge on any atom is -0.503 e. The Morgan fingerprint density at radius 3 is 2.20 bits per heavy atom. The van der Waals surface area contributed by atoms with Crippen LogP contribution in [0.15, 0.2) is 36.7 Å². The average molecular weight is 270 g/mol. The fourth-order valence-corrected chi connectivity index (χ4v) is 2.46. The Morgan fingerprint density at radius 1 is 1.10 bits per heavy atom. The number of aryl methyl sites for hydroxylation is 2. The predicted molar refractivity (Wildman–Crippen MR) is 82.0 cm³/mol. The molecule has 0 unspecified atom stereocenters. The number of aromatic nitrogens is 1. The lowest BCUT2D eigenvalue weighted by Crippen LogP contribution is -2.33. The second kappa shape index (κ2) is 5.28. The number of hydrogen-bond acceptors (Lipinski definition) is 1. The summed E-state index contributed by atoms with van der Waals surface area (Å²) in [5, 5.41) is 9.56. The molecule has 1 heterocycles. The second-order valence-corrected chi connectivity index (χ2v) is 6.57. The van der Waals surface area contributed by atoms with Crippen molar-refractivity contribution in [2.24, 2.45) is 0 Å². The second-order valence-electron chi connectivity index (χ2n) is 6.57. The molecule has 0 aliphatic carbocycles. The number of benzene rings is 1. The molecule has 0 aliphatic heterocycles. The molecule has 2 nitrogen and oxygen atoms in total. The molecule has 2 heteroatoms. The maximum atomic E-state index is 9.56. The van der Waals surface area contributed by atoms with Crippen LogP contribution in [-0.4, -0.2) is 5.11 Å². The van der Waals surface area contributed by atoms with E-state index < -0.39 is 0 Å². The van der Waals surface area contributed by atoms with Crippen LogP contribution < -0.4 is 4.57 Å². The lowest BCUT2D eigenvalue weighted by Gasteiger charge is -2.21. The lowest BCUT2D eigenvalue weighted by molar-refractivity contribution is -0.688. The Morgan fingerprint density at radius 2 is 1.70 bits per heavy atom. The smallest absolute Gasteiger partial charge is 0.211 e. The van der Waals surface area contributed by atoms with Gasteiger partial charge in [-0.3, -0.25) is 0 Å². The molecule has 0 bridgehead atoms. The summed E-state index contributed by atoms with van der Waals surface area (Å²) in [6, 6.07) is 8.12. The summed E-state index contributed by atoms with van der Waals surface area (Å²) in [6.07, 6.45) is 3.74. The first-order valence-electron chi connectivity index (χ1n) is 7.06. The molecule has 0 saturated carbocycles. The van der Waals surface area contributed by atoms with Crippen LogP contribution in [0, 0.1) is 13.8 Å². The molecule has 0 fully saturated rings. The van der Waals surface area contributed by atoms with Crippen molar-refractivity contribution in [3.05, 3.63) is 58.9 Å². The molecule has 0 amide bonds. The van der Waals surface area contributed by atoms with E-state index in [-0.39, 0.29) is 5.41 Å². The molecule has 2 rings (SSSR count). The fraction of sp³-hybridized carbons (Fsp3) is 0.389. The van der Waals surface area contributed by atoms with E-state index in [2.05, 4.69) is 46.8 Å². The number of rotatable bonds is 2. The highest BCUT2D eigenvalue weighted by Gasteiger charge is 2.17. The van der Waals surface area contributed by atoms with Gasteiger partial charge in [0, 0.05) is 11.6 Å². The maximum Gasteiger partial charge on any atom is 0.211 e. The van der Waals surface area contributed by atoms with Gasteiger partial charge in [-0.1, -0.05) is 32.9 Å². The molecule has 0 atom stereocenters. The third kappa shape index (κ3) is 3.19. The molecule has 0 saturated heterocycles. The van der Waals surface area contributed by atoms with E-state index in [0.29, 0.717) is 5.75 Å². The zero-order valence-electron chi connectivity index (χ0n) is 13.1. The van der Waals surface area contributed by atoms with Gasteiger partial charge >= 0.3 is 0 Å². The topological polar surface area (TPSA) is 24.1 Å². The molecule has 0 aliphatic rings. The van der Waals surface area contributed by atoms with Crippen molar-refractivity contribution in [3.8, 4) is 5.75 Å². The van der Waals surface area contributed by atoms with Crippen molar-refractivity contribution in [2.45, 2.75) is 46.6 Å². The number of aromatic hydroxyl groups is 1. The van der Waals surface area contributed by atoms with Gasteiger partial charge in [-0.15, -0.1) is 0 Å². The van der Waals surface area contributed by atoms with E-state index in [1.165, 1.54) is 22.3 Å². The van der Waals surface area contributed by atoms with E-state index in [1.54, 1.807) is 12.3 Å². The highest BCUT2D eigenvalue weighted by atomic mass is 16.3. The molecule has 20 heavy (non-hydrogen) atoms. The van der Waals surface area contributed by atoms with E-state index in [1.807, 2.05) is 16.8 Å². The molecular formula is C18H24NO+. The summed E-state index contributed by atoms with van der Waals surface area (Å²) in [5.41, 5.74) is 5.49. The highest BCUT2D eigenvalue weighted by molar-refractivity contribution is 5.40. The Balaban J connectivity index is 2.38. The normalized spacial score (nSPS) is 11.7. The minimum atomic E-state index is 0.173. The quantitative estimate of drug-likeness (QED) is 0.828. The van der Waals surface area contributed by atoms with Crippen LogP contribution in [0.25, 0.3) is 0 Å². The molecule has 1 aromatic heterocycles. The SMILES string of the molecule is Cc1cc(C(C)(C)C)cc(C)c1C[n+]1cccc(O)c1. The highest BCUT2D eigenvalue weighted by Crippen LogP contribution is 2.26. The van der Waals surface area contributed by atoms with Crippen LogP contribution in [0.2, 0.25) is 0 Å². The molecule has 0 spiro atoms. The van der Waals surface area contributed by atoms with E-state index in [0.717, 1.165) is 6.54 Å². The molecule has 1 N–H and O–H groups in total. The third-order valence-corrected chi connectivity index (χ3v) is 3.75. The van der Waals surface area contributed by atoms with Gasteiger partial charge in [0.2, 0.25) is 6.20 Å². The minimum absolute atomic E-state index is 0.173. The largest absolute Gasteiger partial charge is 0.503 e. The zero-order chi connectivity index (χ0) is 14.9. The Labute approximate surface area is 121 Å². The van der Waals surface area contributed by atoms with Gasteiger partial charge in [-0.05, 0) is 42.0 Å². The molecular weight excluding hydrogens is 246 g/mol. The summed E-state index contributed by atoms with van der Waals surface area (Å²) in [5.74, 6) is 0.300. The lowest BCUT2D eigenvalue weighted by atomic mass is 9.84. The monoisotopic (exact) mass is 270 g/mol. The molecule has 2 aromatic rings. The fourth-order valence-electron chi connectivity index (χ4n) is 2.46. The Kier molecular flexibility index (Phi) is 3.85. The van der Waals surface area contributed by atoms with Gasteiger partial charge in [-0.25, -0.2) is 0 Å². The van der Waals surface area contributed by atoms with Gasteiger partial charge in [0.15, 0.2) is 18.5 Å². The summed E-state index contributed by atoms with van der Waals surface area (Å²) in [7, 11) is 0. The number of nitrogens with zero attached hydrogens (tertiary/aromatic N) is 1. The van der Waals surface area contributed by atoms with Gasteiger partial charge in [0.25, 0.3) is 0 Å². The third-order valence-electron chi connectivity index (χ3n) is 3.75. The van der Waals surface area contributed by atoms with Gasteiger partial charge in [0.1, 0.15) is 0 Å². The first-order valence-corrected chi connectivity index (χ1v) is 7.06.